The molecule has 0 atom stereocenters. The molecule has 0 aliphatic carbocycles. The molecule has 1 aromatic rings. The summed E-state index contributed by atoms with van der Waals surface area (Å²) >= 11 is 6.78. The molecule has 0 saturated carbocycles. The van der Waals surface area contributed by atoms with Crippen molar-refractivity contribution >= 4 is 38.1 Å². The minimum Gasteiger partial charge on any atom is -0.491 e. The number of halogens is 2. The molecular weight excluding hydrogens is 336 g/mol. The fourth-order valence-electron chi connectivity index (χ4n) is 1.18. The SMILES string of the molecule is CC(C)CCOc1c(Br)cc(C=O)cc1Br. The Morgan fingerprint density at radius 1 is 1.31 bits per heavy atom. The largest absolute Gasteiger partial charge is 0.491 e. The van der Waals surface area contributed by atoms with Gasteiger partial charge in [0, 0.05) is 5.56 Å². The first-order valence-electron chi connectivity index (χ1n) is 5.11. The maximum atomic E-state index is 10.6. The third-order valence-corrected chi connectivity index (χ3v) is 3.28. The topological polar surface area (TPSA) is 26.3 Å². The zero-order chi connectivity index (χ0) is 12.1. The average Bonchev–Trinajstić information content (AvgIpc) is 2.21. The summed E-state index contributed by atoms with van der Waals surface area (Å²) in [6, 6.07) is 3.50. The Labute approximate surface area is 113 Å². The number of rotatable bonds is 5. The Hall–Kier alpha value is -0.350. The Morgan fingerprint density at radius 2 is 1.88 bits per heavy atom. The second kappa shape index (κ2) is 6.40. The Kier molecular flexibility index (Phi) is 5.49. The van der Waals surface area contributed by atoms with Gasteiger partial charge < -0.3 is 4.74 Å². The third-order valence-electron chi connectivity index (χ3n) is 2.10. The van der Waals surface area contributed by atoms with Crippen molar-refractivity contribution in [1.29, 1.82) is 0 Å². The van der Waals surface area contributed by atoms with E-state index in [9.17, 15) is 4.79 Å². The standard InChI is InChI=1S/C12H14Br2O2/c1-8(2)3-4-16-12-10(13)5-9(7-15)6-11(12)14/h5-8H,3-4H2,1-2H3. The number of hydrogen-bond acceptors (Lipinski definition) is 2. The molecule has 0 aliphatic heterocycles. The highest BCUT2D eigenvalue weighted by Crippen LogP contribution is 2.34. The van der Waals surface area contributed by atoms with Crippen molar-refractivity contribution in [2.75, 3.05) is 6.61 Å². The smallest absolute Gasteiger partial charge is 0.150 e. The van der Waals surface area contributed by atoms with E-state index in [1.807, 2.05) is 0 Å². The maximum Gasteiger partial charge on any atom is 0.150 e. The van der Waals surface area contributed by atoms with Gasteiger partial charge in [-0.3, -0.25) is 4.79 Å². The molecule has 0 bridgehead atoms. The van der Waals surface area contributed by atoms with Crippen LogP contribution in [-0.2, 0) is 0 Å². The number of aldehydes is 1. The van der Waals surface area contributed by atoms with Gasteiger partial charge in [0.2, 0.25) is 0 Å². The van der Waals surface area contributed by atoms with Gasteiger partial charge >= 0.3 is 0 Å². The molecule has 1 rings (SSSR count). The highest BCUT2D eigenvalue weighted by Gasteiger charge is 2.08. The molecule has 0 aliphatic rings. The fraction of sp³-hybridized carbons (Fsp3) is 0.417. The number of carbonyl (C=O) groups is 1. The van der Waals surface area contributed by atoms with Gasteiger partial charge in [-0.1, -0.05) is 13.8 Å². The van der Waals surface area contributed by atoms with Crippen LogP contribution in [0.3, 0.4) is 0 Å². The van der Waals surface area contributed by atoms with Crippen LogP contribution in [0.5, 0.6) is 5.75 Å². The molecule has 2 nitrogen and oxygen atoms in total. The Bertz CT molecular complexity index is 352. The van der Waals surface area contributed by atoms with Crippen LogP contribution in [0.2, 0.25) is 0 Å². The summed E-state index contributed by atoms with van der Waals surface area (Å²) in [6.07, 6.45) is 1.82. The van der Waals surface area contributed by atoms with Crippen LogP contribution in [-0.4, -0.2) is 12.9 Å². The summed E-state index contributed by atoms with van der Waals surface area (Å²) in [5.41, 5.74) is 0.620. The lowest BCUT2D eigenvalue weighted by molar-refractivity contribution is 0.112. The molecule has 0 unspecified atom stereocenters. The Morgan fingerprint density at radius 3 is 2.31 bits per heavy atom. The maximum absolute atomic E-state index is 10.6. The molecule has 0 amide bonds. The van der Waals surface area contributed by atoms with Crippen molar-refractivity contribution in [3.05, 3.63) is 26.6 Å². The molecular formula is C12H14Br2O2. The van der Waals surface area contributed by atoms with Crippen molar-refractivity contribution in [3.63, 3.8) is 0 Å². The van der Waals surface area contributed by atoms with Gasteiger partial charge in [0.25, 0.3) is 0 Å². The summed E-state index contributed by atoms with van der Waals surface area (Å²) in [7, 11) is 0. The highest BCUT2D eigenvalue weighted by atomic mass is 79.9. The quantitative estimate of drug-likeness (QED) is 0.734. The third kappa shape index (κ3) is 3.91. The zero-order valence-electron chi connectivity index (χ0n) is 9.30. The number of benzene rings is 1. The van der Waals surface area contributed by atoms with Crippen molar-refractivity contribution < 1.29 is 9.53 Å². The molecule has 0 radical (unpaired) electrons. The summed E-state index contributed by atoms with van der Waals surface area (Å²) in [4.78, 5) is 10.6. The normalized spacial score (nSPS) is 10.6. The van der Waals surface area contributed by atoms with E-state index in [1.54, 1.807) is 12.1 Å². The van der Waals surface area contributed by atoms with Gasteiger partial charge in [0.1, 0.15) is 12.0 Å². The zero-order valence-corrected chi connectivity index (χ0v) is 12.5. The lowest BCUT2D eigenvalue weighted by Gasteiger charge is -2.12. The van der Waals surface area contributed by atoms with Gasteiger partial charge in [-0.25, -0.2) is 0 Å². The van der Waals surface area contributed by atoms with Gasteiger partial charge in [0.15, 0.2) is 0 Å². The van der Waals surface area contributed by atoms with Gasteiger partial charge in [0.05, 0.1) is 15.6 Å². The summed E-state index contributed by atoms with van der Waals surface area (Å²) in [6.45, 7) is 4.99. The van der Waals surface area contributed by atoms with Crippen LogP contribution in [0.25, 0.3) is 0 Å². The van der Waals surface area contributed by atoms with E-state index in [0.29, 0.717) is 18.1 Å². The molecule has 1 aromatic carbocycles. The molecule has 0 saturated heterocycles. The number of ether oxygens (including phenoxy) is 1. The molecule has 0 N–H and O–H groups in total. The minimum absolute atomic E-state index is 0.617. The monoisotopic (exact) mass is 348 g/mol. The molecule has 16 heavy (non-hydrogen) atoms. The molecule has 88 valence electrons. The molecule has 0 aromatic heterocycles. The van der Waals surface area contributed by atoms with Crippen LogP contribution >= 0.6 is 31.9 Å². The second-order valence-electron chi connectivity index (χ2n) is 3.96. The first-order valence-corrected chi connectivity index (χ1v) is 6.70. The molecule has 4 heteroatoms. The molecule has 0 heterocycles. The predicted octanol–water partition coefficient (Wildman–Crippen LogP) is 4.45. The van der Waals surface area contributed by atoms with Crippen LogP contribution < -0.4 is 4.74 Å². The van der Waals surface area contributed by atoms with E-state index in [2.05, 4.69) is 45.7 Å². The number of hydrogen-bond donors (Lipinski definition) is 0. The van der Waals surface area contributed by atoms with Crippen LogP contribution in [0.1, 0.15) is 30.6 Å². The van der Waals surface area contributed by atoms with Crippen molar-refractivity contribution in [1.82, 2.24) is 0 Å². The first kappa shape index (κ1) is 13.7. The minimum atomic E-state index is 0.617. The summed E-state index contributed by atoms with van der Waals surface area (Å²) in [5, 5.41) is 0. The lowest BCUT2D eigenvalue weighted by Crippen LogP contribution is -2.02. The van der Waals surface area contributed by atoms with Crippen molar-refractivity contribution in [2.24, 2.45) is 5.92 Å². The van der Waals surface area contributed by atoms with Crippen LogP contribution in [0, 0.1) is 5.92 Å². The van der Waals surface area contributed by atoms with Crippen molar-refractivity contribution in [3.8, 4) is 5.75 Å². The van der Waals surface area contributed by atoms with Gasteiger partial charge in [-0.15, -0.1) is 0 Å². The van der Waals surface area contributed by atoms with E-state index in [1.165, 1.54) is 0 Å². The van der Waals surface area contributed by atoms with E-state index in [0.717, 1.165) is 27.4 Å². The number of carbonyl (C=O) groups excluding carboxylic acids is 1. The second-order valence-corrected chi connectivity index (χ2v) is 5.67. The lowest BCUT2D eigenvalue weighted by atomic mass is 10.1. The van der Waals surface area contributed by atoms with Crippen LogP contribution in [0.15, 0.2) is 21.1 Å². The van der Waals surface area contributed by atoms with Crippen LogP contribution in [0.4, 0.5) is 0 Å². The van der Waals surface area contributed by atoms with Gasteiger partial charge in [-0.05, 0) is 56.3 Å². The summed E-state index contributed by atoms with van der Waals surface area (Å²) in [5.74, 6) is 1.37. The Balaban J connectivity index is 2.76. The van der Waals surface area contributed by atoms with Crippen molar-refractivity contribution in [2.45, 2.75) is 20.3 Å². The summed E-state index contributed by atoms with van der Waals surface area (Å²) < 4.78 is 7.27. The van der Waals surface area contributed by atoms with E-state index < -0.39 is 0 Å². The van der Waals surface area contributed by atoms with E-state index in [-0.39, 0.29) is 0 Å². The highest BCUT2D eigenvalue weighted by molar-refractivity contribution is 9.11. The van der Waals surface area contributed by atoms with E-state index in [4.69, 9.17) is 4.74 Å². The first-order chi connectivity index (χ1) is 7.54. The van der Waals surface area contributed by atoms with E-state index >= 15 is 0 Å². The fourth-order valence-corrected chi connectivity index (χ4v) is 2.63. The molecule has 0 spiro atoms. The molecule has 0 fully saturated rings. The average molecular weight is 350 g/mol. The predicted molar refractivity (Wildman–Crippen MR) is 72.2 cm³/mol. The van der Waals surface area contributed by atoms with Gasteiger partial charge in [-0.2, -0.15) is 0 Å².